The van der Waals surface area contributed by atoms with Gasteiger partial charge in [0, 0.05) is 6.04 Å². The number of nitrogens with one attached hydrogen (secondary N) is 1. The van der Waals surface area contributed by atoms with Crippen LogP contribution in [-0.2, 0) is 0 Å². The lowest BCUT2D eigenvalue weighted by Gasteiger charge is -2.17. The molecule has 0 rings (SSSR count). The first kappa shape index (κ1) is 12.0. The van der Waals surface area contributed by atoms with Crippen LogP contribution in [0.25, 0.3) is 0 Å². The van der Waals surface area contributed by atoms with Crippen molar-refractivity contribution in [2.75, 3.05) is 6.54 Å². The van der Waals surface area contributed by atoms with Crippen LogP contribution < -0.4 is 5.32 Å². The molecule has 0 saturated carbocycles. The molecule has 1 heteroatoms. The second kappa shape index (κ2) is 7.60. The molecule has 0 aromatic rings. The third kappa shape index (κ3) is 6.66. The van der Waals surface area contributed by atoms with E-state index in [0.717, 1.165) is 5.92 Å². The normalized spacial score (nSPS) is 13.8. The van der Waals surface area contributed by atoms with Gasteiger partial charge in [0.1, 0.15) is 0 Å². The van der Waals surface area contributed by atoms with Gasteiger partial charge in [-0.05, 0) is 25.8 Å². The van der Waals surface area contributed by atoms with Gasteiger partial charge in [-0.25, -0.2) is 0 Å². The number of hydrogen-bond acceptors (Lipinski definition) is 1. The van der Waals surface area contributed by atoms with Gasteiger partial charge >= 0.3 is 0 Å². The van der Waals surface area contributed by atoms with Gasteiger partial charge in [-0.3, -0.25) is 0 Å². The highest BCUT2D eigenvalue weighted by molar-refractivity contribution is 4.63. The van der Waals surface area contributed by atoms with Gasteiger partial charge in [0.15, 0.2) is 0 Å². The summed E-state index contributed by atoms with van der Waals surface area (Å²) < 4.78 is 0. The van der Waals surface area contributed by atoms with E-state index in [2.05, 4.69) is 33.0 Å². The zero-order chi connectivity index (χ0) is 9.40. The fraction of sp³-hybridized carbons (Fsp3) is 1.00. The summed E-state index contributed by atoms with van der Waals surface area (Å²) >= 11 is 0. The maximum Gasteiger partial charge on any atom is 0.00617 e. The molecule has 0 unspecified atom stereocenters. The van der Waals surface area contributed by atoms with Crippen LogP contribution in [-0.4, -0.2) is 12.6 Å². The molecule has 1 atom stereocenters. The summed E-state index contributed by atoms with van der Waals surface area (Å²) in [5.41, 5.74) is 0. The van der Waals surface area contributed by atoms with Crippen LogP contribution in [0.1, 0.15) is 53.4 Å². The fourth-order valence-corrected chi connectivity index (χ4v) is 1.12. The Labute approximate surface area is 77.9 Å². The summed E-state index contributed by atoms with van der Waals surface area (Å²) in [6.45, 7) is 10.3. The minimum atomic E-state index is 0.673. The molecule has 0 aliphatic carbocycles. The lowest BCUT2D eigenvalue weighted by molar-refractivity contribution is 0.420. The van der Waals surface area contributed by atoms with E-state index in [1.54, 1.807) is 0 Å². The second-order valence-corrected chi connectivity index (χ2v) is 4.05. The van der Waals surface area contributed by atoms with Gasteiger partial charge in [0.05, 0.1) is 0 Å². The van der Waals surface area contributed by atoms with Crippen LogP contribution in [0.3, 0.4) is 0 Å². The van der Waals surface area contributed by atoms with E-state index in [1.165, 1.54) is 32.2 Å². The van der Waals surface area contributed by atoms with E-state index < -0.39 is 0 Å². The standard InChI is InChI=1S/C11H25N/c1-5-6-7-8-9-12-11(4)10(2)3/h10-12H,5-9H2,1-4H3/t11-/m1/s1. The minimum absolute atomic E-state index is 0.673. The molecule has 0 aliphatic heterocycles. The monoisotopic (exact) mass is 171 g/mol. The fourth-order valence-electron chi connectivity index (χ4n) is 1.12. The highest BCUT2D eigenvalue weighted by Crippen LogP contribution is 2.01. The number of hydrogen-bond donors (Lipinski definition) is 1. The maximum absolute atomic E-state index is 3.54. The zero-order valence-electron chi connectivity index (χ0n) is 9.19. The Kier molecular flexibility index (Phi) is 7.58. The van der Waals surface area contributed by atoms with Crippen LogP contribution in [0.2, 0.25) is 0 Å². The van der Waals surface area contributed by atoms with Gasteiger partial charge in [-0.1, -0.05) is 40.0 Å². The van der Waals surface area contributed by atoms with E-state index in [9.17, 15) is 0 Å². The first-order chi connectivity index (χ1) is 5.68. The highest BCUT2D eigenvalue weighted by atomic mass is 14.9. The summed E-state index contributed by atoms with van der Waals surface area (Å²) in [6, 6.07) is 0.673. The summed E-state index contributed by atoms with van der Waals surface area (Å²) in [4.78, 5) is 0. The van der Waals surface area contributed by atoms with Crippen LogP contribution in [0.4, 0.5) is 0 Å². The molecular formula is C11H25N. The summed E-state index contributed by atoms with van der Waals surface area (Å²) in [5, 5.41) is 3.54. The highest BCUT2D eigenvalue weighted by Gasteiger charge is 2.03. The Balaban J connectivity index is 3.08. The SMILES string of the molecule is CCCCCCN[C@H](C)C(C)C. The zero-order valence-corrected chi connectivity index (χ0v) is 9.19. The third-order valence-corrected chi connectivity index (χ3v) is 2.50. The van der Waals surface area contributed by atoms with E-state index in [-0.39, 0.29) is 0 Å². The lowest BCUT2D eigenvalue weighted by Crippen LogP contribution is -2.31. The van der Waals surface area contributed by atoms with Crippen LogP contribution >= 0.6 is 0 Å². The predicted molar refractivity (Wildman–Crippen MR) is 56.4 cm³/mol. The van der Waals surface area contributed by atoms with Crippen molar-refractivity contribution >= 4 is 0 Å². The van der Waals surface area contributed by atoms with Crippen molar-refractivity contribution in [1.82, 2.24) is 5.32 Å². The number of unbranched alkanes of at least 4 members (excludes halogenated alkanes) is 3. The van der Waals surface area contributed by atoms with Crippen molar-refractivity contribution in [1.29, 1.82) is 0 Å². The molecule has 0 aliphatic rings. The average molecular weight is 171 g/mol. The molecule has 0 bridgehead atoms. The Morgan fingerprint density at radius 3 is 2.17 bits per heavy atom. The van der Waals surface area contributed by atoms with Crippen molar-refractivity contribution < 1.29 is 0 Å². The largest absolute Gasteiger partial charge is 0.314 e. The van der Waals surface area contributed by atoms with Gasteiger partial charge in [0.2, 0.25) is 0 Å². The van der Waals surface area contributed by atoms with Crippen LogP contribution in [0, 0.1) is 5.92 Å². The third-order valence-electron chi connectivity index (χ3n) is 2.50. The Morgan fingerprint density at radius 2 is 1.67 bits per heavy atom. The van der Waals surface area contributed by atoms with E-state index >= 15 is 0 Å². The molecule has 0 spiro atoms. The Hall–Kier alpha value is -0.0400. The van der Waals surface area contributed by atoms with Crippen molar-refractivity contribution in [3.05, 3.63) is 0 Å². The Bertz CT molecular complexity index is 89.0. The molecule has 12 heavy (non-hydrogen) atoms. The van der Waals surface area contributed by atoms with Gasteiger partial charge in [0.25, 0.3) is 0 Å². The van der Waals surface area contributed by atoms with Crippen molar-refractivity contribution in [2.45, 2.75) is 59.4 Å². The van der Waals surface area contributed by atoms with E-state index in [1.807, 2.05) is 0 Å². The molecule has 0 heterocycles. The average Bonchev–Trinajstić information content (AvgIpc) is 2.03. The summed E-state index contributed by atoms with van der Waals surface area (Å²) in [5.74, 6) is 0.760. The molecule has 1 nitrogen and oxygen atoms in total. The van der Waals surface area contributed by atoms with E-state index in [0.29, 0.717) is 6.04 Å². The first-order valence-electron chi connectivity index (χ1n) is 5.41. The van der Waals surface area contributed by atoms with Crippen molar-refractivity contribution in [2.24, 2.45) is 5.92 Å². The van der Waals surface area contributed by atoms with Gasteiger partial charge < -0.3 is 5.32 Å². The molecule has 0 amide bonds. The minimum Gasteiger partial charge on any atom is -0.314 e. The Morgan fingerprint density at radius 1 is 1.00 bits per heavy atom. The topological polar surface area (TPSA) is 12.0 Å². The molecule has 0 aromatic carbocycles. The smallest absolute Gasteiger partial charge is 0.00617 e. The molecule has 0 radical (unpaired) electrons. The molecule has 0 saturated heterocycles. The molecule has 0 fully saturated rings. The predicted octanol–water partition coefficient (Wildman–Crippen LogP) is 3.20. The summed E-state index contributed by atoms with van der Waals surface area (Å²) in [6.07, 6.45) is 5.44. The second-order valence-electron chi connectivity index (χ2n) is 4.05. The summed E-state index contributed by atoms with van der Waals surface area (Å²) in [7, 11) is 0. The van der Waals surface area contributed by atoms with Crippen LogP contribution in [0.15, 0.2) is 0 Å². The maximum atomic E-state index is 3.54. The lowest BCUT2D eigenvalue weighted by atomic mass is 10.1. The molecular weight excluding hydrogens is 146 g/mol. The number of rotatable bonds is 7. The molecule has 1 N–H and O–H groups in total. The van der Waals surface area contributed by atoms with Gasteiger partial charge in [-0.15, -0.1) is 0 Å². The van der Waals surface area contributed by atoms with Crippen LogP contribution in [0.5, 0.6) is 0 Å². The van der Waals surface area contributed by atoms with Gasteiger partial charge in [-0.2, -0.15) is 0 Å². The molecule has 74 valence electrons. The van der Waals surface area contributed by atoms with E-state index in [4.69, 9.17) is 0 Å². The first-order valence-corrected chi connectivity index (χ1v) is 5.41. The van der Waals surface area contributed by atoms with Crippen molar-refractivity contribution in [3.8, 4) is 0 Å². The molecule has 0 aromatic heterocycles. The quantitative estimate of drug-likeness (QED) is 0.580. The van der Waals surface area contributed by atoms with Crippen molar-refractivity contribution in [3.63, 3.8) is 0 Å².